The molecule has 0 unspecified atom stereocenters. The molecule has 4 heteroatoms. The van der Waals surface area contributed by atoms with Crippen LogP contribution in [0.1, 0.15) is 32.1 Å². The Morgan fingerprint density at radius 3 is 2.42 bits per heavy atom. The minimum atomic E-state index is -0.887. The fourth-order valence-electron chi connectivity index (χ4n) is 1.63. The van der Waals surface area contributed by atoms with Crippen LogP contribution in [0.4, 0.5) is 0 Å². The average molecular weight is 171 g/mol. The average Bonchev–Trinajstić information content (AvgIpc) is 2.55. The zero-order valence-corrected chi connectivity index (χ0v) is 6.88. The van der Waals surface area contributed by atoms with E-state index >= 15 is 0 Å². The molecule has 0 radical (unpaired) electrons. The van der Waals surface area contributed by atoms with Gasteiger partial charge in [0.15, 0.2) is 0 Å². The summed E-state index contributed by atoms with van der Waals surface area (Å²) in [4.78, 5) is 21.5. The summed E-state index contributed by atoms with van der Waals surface area (Å²) >= 11 is 0. The van der Waals surface area contributed by atoms with E-state index in [4.69, 9.17) is 5.21 Å². The molecule has 0 spiro atoms. The Morgan fingerprint density at radius 1 is 1.33 bits per heavy atom. The van der Waals surface area contributed by atoms with Gasteiger partial charge in [-0.3, -0.25) is 14.8 Å². The number of carbonyl (C=O) groups is 2. The molecule has 0 aromatic carbocycles. The predicted molar refractivity (Wildman–Crippen MR) is 41.5 cm³/mol. The smallest absolute Gasteiger partial charge is 0.289 e. The second-order valence-electron chi connectivity index (χ2n) is 3.22. The summed E-state index contributed by atoms with van der Waals surface area (Å²) in [6, 6.07) is 0. The van der Waals surface area contributed by atoms with E-state index in [1.54, 1.807) is 0 Å². The molecule has 0 heterocycles. The number of hydroxylamine groups is 1. The van der Waals surface area contributed by atoms with E-state index in [0.29, 0.717) is 5.92 Å². The summed E-state index contributed by atoms with van der Waals surface area (Å²) in [7, 11) is 0. The Labute approximate surface area is 70.9 Å². The fraction of sp³-hybridized carbons (Fsp3) is 0.750. The summed E-state index contributed by atoms with van der Waals surface area (Å²) in [6.45, 7) is 0. The molecule has 0 saturated heterocycles. The standard InChI is InChI=1S/C8H13NO3/c10-7(8(11)9-12)5-6-3-1-2-4-6/h6,12H,1-5H2,(H,9,11). The van der Waals surface area contributed by atoms with Gasteiger partial charge in [-0.05, 0) is 5.92 Å². The first kappa shape index (κ1) is 9.19. The second kappa shape index (κ2) is 4.21. The van der Waals surface area contributed by atoms with Crippen LogP contribution in [-0.2, 0) is 9.59 Å². The maximum Gasteiger partial charge on any atom is 0.310 e. The van der Waals surface area contributed by atoms with Crippen LogP contribution in [0, 0.1) is 5.92 Å². The Hall–Kier alpha value is -0.900. The van der Waals surface area contributed by atoms with Crippen molar-refractivity contribution in [1.82, 2.24) is 5.48 Å². The molecule has 0 bridgehead atoms. The number of ketones is 1. The number of Topliss-reactive ketones (excluding diaryl/α,β-unsaturated/α-hetero) is 1. The van der Waals surface area contributed by atoms with Crippen molar-refractivity contribution in [3.63, 3.8) is 0 Å². The summed E-state index contributed by atoms with van der Waals surface area (Å²) in [5.41, 5.74) is 1.35. The fourth-order valence-corrected chi connectivity index (χ4v) is 1.63. The lowest BCUT2D eigenvalue weighted by Crippen LogP contribution is -2.29. The molecule has 0 aromatic heterocycles. The van der Waals surface area contributed by atoms with Gasteiger partial charge < -0.3 is 0 Å². The Bertz CT molecular complexity index is 185. The highest BCUT2D eigenvalue weighted by Gasteiger charge is 2.21. The van der Waals surface area contributed by atoms with Gasteiger partial charge >= 0.3 is 5.91 Å². The summed E-state index contributed by atoms with van der Waals surface area (Å²) in [5, 5.41) is 8.16. The van der Waals surface area contributed by atoms with Crippen molar-refractivity contribution in [2.24, 2.45) is 5.92 Å². The molecular weight excluding hydrogens is 158 g/mol. The van der Waals surface area contributed by atoms with Crippen LogP contribution in [0.15, 0.2) is 0 Å². The lowest BCUT2D eigenvalue weighted by Gasteiger charge is -2.05. The molecule has 4 nitrogen and oxygen atoms in total. The molecule has 1 aliphatic rings. The first-order chi connectivity index (χ1) is 5.74. The molecule has 2 N–H and O–H groups in total. The Balaban J connectivity index is 2.29. The van der Waals surface area contributed by atoms with Crippen molar-refractivity contribution < 1.29 is 14.8 Å². The number of amides is 1. The molecule has 0 aromatic rings. The van der Waals surface area contributed by atoms with E-state index in [2.05, 4.69) is 0 Å². The highest BCUT2D eigenvalue weighted by atomic mass is 16.5. The monoisotopic (exact) mass is 171 g/mol. The normalized spacial score (nSPS) is 17.8. The van der Waals surface area contributed by atoms with Crippen molar-refractivity contribution in [2.75, 3.05) is 0 Å². The number of nitrogens with one attached hydrogen (secondary N) is 1. The van der Waals surface area contributed by atoms with Gasteiger partial charge in [0, 0.05) is 6.42 Å². The van der Waals surface area contributed by atoms with Crippen LogP contribution in [0.3, 0.4) is 0 Å². The first-order valence-corrected chi connectivity index (χ1v) is 4.21. The Kier molecular flexibility index (Phi) is 3.22. The third-order valence-electron chi connectivity index (χ3n) is 2.30. The third kappa shape index (κ3) is 2.30. The zero-order valence-electron chi connectivity index (χ0n) is 6.88. The number of carbonyl (C=O) groups excluding carboxylic acids is 2. The van der Waals surface area contributed by atoms with Gasteiger partial charge in [-0.2, -0.15) is 0 Å². The molecule has 1 aliphatic carbocycles. The third-order valence-corrected chi connectivity index (χ3v) is 2.30. The first-order valence-electron chi connectivity index (χ1n) is 4.21. The van der Waals surface area contributed by atoms with Crippen molar-refractivity contribution >= 4 is 11.7 Å². The molecule has 0 aliphatic heterocycles. The van der Waals surface area contributed by atoms with E-state index in [0.717, 1.165) is 25.7 Å². The van der Waals surface area contributed by atoms with Crippen LogP contribution in [0.5, 0.6) is 0 Å². The van der Waals surface area contributed by atoms with E-state index < -0.39 is 11.7 Å². The van der Waals surface area contributed by atoms with E-state index in [-0.39, 0.29) is 6.42 Å². The maximum atomic E-state index is 11.0. The highest BCUT2D eigenvalue weighted by Crippen LogP contribution is 2.27. The van der Waals surface area contributed by atoms with Crippen LogP contribution in [0.25, 0.3) is 0 Å². The SMILES string of the molecule is O=C(CC1CCCC1)C(=O)NO. The van der Waals surface area contributed by atoms with Gasteiger partial charge in [0.05, 0.1) is 0 Å². The van der Waals surface area contributed by atoms with Crippen molar-refractivity contribution in [3.05, 3.63) is 0 Å². The van der Waals surface area contributed by atoms with Gasteiger partial charge in [-0.15, -0.1) is 0 Å². The highest BCUT2D eigenvalue weighted by molar-refractivity contribution is 6.35. The predicted octanol–water partition coefficient (Wildman–Crippen LogP) is 0.641. The molecule has 1 saturated carbocycles. The molecule has 1 fully saturated rings. The molecule has 1 amide bonds. The zero-order chi connectivity index (χ0) is 8.97. The van der Waals surface area contributed by atoms with Crippen molar-refractivity contribution in [1.29, 1.82) is 0 Å². The topological polar surface area (TPSA) is 66.4 Å². The lowest BCUT2D eigenvalue weighted by atomic mass is 10.0. The summed E-state index contributed by atoms with van der Waals surface area (Å²) < 4.78 is 0. The van der Waals surface area contributed by atoms with Crippen molar-refractivity contribution in [2.45, 2.75) is 32.1 Å². The molecule has 12 heavy (non-hydrogen) atoms. The Morgan fingerprint density at radius 2 is 1.92 bits per heavy atom. The van der Waals surface area contributed by atoms with E-state index in [1.807, 2.05) is 0 Å². The van der Waals surface area contributed by atoms with Crippen LogP contribution in [-0.4, -0.2) is 16.9 Å². The second-order valence-corrected chi connectivity index (χ2v) is 3.22. The maximum absolute atomic E-state index is 11.0. The summed E-state index contributed by atoms with van der Waals surface area (Å²) in [5.74, 6) is -1.04. The minimum Gasteiger partial charge on any atom is -0.289 e. The van der Waals surface area contributed by atoms with Gasteiger partial charge in [0.1, 0.15) is 0 Å². The molecule has 0 atom stereocenters. The van der Waals surface area contributed by atoms with Gasteiger partial charge in [-0.25, -0.2) is 5.48 Å². The van der Waals surface area contributed by atoms with Crippen LogP contribution in [0.2, 0.25) is 0 Å². The van der Waals surface area contributed by atoms with E-state index in [9.17, 15) is 9.59 Å². The van der Waals surface area contributed by atoms with Crippen LogP contribution >= 0.6 is 0 Å². The quantitative estimate of drug-likeness (QED) is 0.372. The number of hydrogen-bond acceptors (Lipinski definition) is 3. The van der Waals surface area contributed by atoms with Crippen molar-refractivity contribution in [3.8, 4) is 0 Å². The van der Waals surface area contributed by atoms with E-state index in [1.165, 1.54) is 5.48 Å². The van der Waals surface area contributed by atoms with Gasteiger partial charge in [0.2, 0.25) is 5.78 Å². The molecule has 1 rings (SSSR count). The number of rotatable bonds is 3. The van der Waals surface area contributed by atoms with Gasteiger partial charge in [0.25, 0.3) is 0 Å². The largest absolute Gasteiger partial charge is 0.310 e. The molecule has 68 valence electrons. The summed E-state index contributed by atoms with van der Waals surface area (Å²) in [6.07, 6.45) is 4.65. The minimum absolute atomic E-state index is 0.284. The van der Waals surface area contributed by atoms with Crippen LogP contribution < -0.4 is 5.48 Å². The molecular formula is C8H13NO3. The number of hydrogen-bond donors (Lipinski definition) is 2. The lowest BCUT2D eigenvalue weighted by molar-refractivity contribution is -0.143. The van der Waals surface area contributed by atoms with Gasteiger partial charge in [-0.1, -0.05) is 25.7 Å².